The van der Waals surface area contributed by atoms with Crippen LogP contribution in [0, 0.1) is 0 Å². The van der Waals surface area contributed by atoms with E-state index < -0.39 is 0 Å². The Morgan fingerprint density at radius 2 is 0.967 bits per heavy atom. The summed E-state index contributed by atoms with van der Waals surface area (Å²) in [7, 11) is 0. The van der Waals surface area contributed by atoms with E-state index in [-0.39, 0.29) is 0 Å². The van der Waals surface area contributed by atoms with Gasteiger partial charge in [-0.3, -0.25) is 0 Å². The van der Waals surface area contributed by atoms with Gasteiger partial charge in [-0.05, 0) is 84.9 Å². The number of rotatable bonds is 4. The molecular weight excluding hydrogens is 435 g/mol. The van der Waals surface area contributed by atoms with E-state index in [9.17, 15) is 0 Å². The molecule has 4 rings (SSSR count). The van der Waals surface area contributed by atoms with Crippen molar-refractivity contribution in [2.24, 2.45) is 0 Å². The fraction of sp³-hybridized carbons (Fsp3) is 0. The minimum atomic E-state index is 0.682. The van der Waals surface area contributed by atoms with Gasteiger partial charge in [-0.1, -0.05) is 53.0 Å². The van der Waals surface area contributed by atoms with Gasteiger partial charge in [-0.25, -0.2) is 5.32 Å². The summed E-state index contributed by atoms with van der Waals surface area (Å²) in [6.07, 6.45) is 0. The molecule has 1 N–H and O–H groups in total. The minimum absolute atomic E-state index is 0.682. The molecule has 0 bridgehead atoms. The molecular formula is C25H18Cl3N2+. The van der Waals surface area contributed by atoms with Crippen molar-refractivity contribution >= 4 is 57.7 Å². The van der Waals surface area contributed by atoms with Crippen LogP contribution in [-0.4, -0.2) is 5.84 Å². The standard InChI is InChI=1S/C25H17Cl3N2/c26-19-6-12-22(13-7-19)29-25(18-4-2-1-3-5-18)30(23-14-8-20(27)9-15-23)24-16-10-21(28)11-17-24/h1-17H/p+1. The SMILES string of the molecule is Clc1ccc(NC(c2ccccc2)=[N+](c2ccc(Cl)cc2)c2ccc(Cl)cc2)cc1. The van der Waals surface area contributed by atoms with Crippen molar-refractivity contribution in [3.63, 3.8) is 0 Å². The van der Waals surface area contributed by atoms with Gasteiger partial charge in [0.25, 0.3) is 5.84 Å². The summed E-state index contributed by atoms with van der Waals surface area (Å²) in [5.41, 5.74) is 3.87. The molecule has 4 aromatic carbocycles. The van der Waals surface area contributed by atoms with Crippen molar-refractivity contribution in [1.82, 2.24) is 4.58 Å². The molecule has 0 heterocycles. The number of nitrogens with one attached hydrogen (secondary N) is 1. The van der Waals surface area contributed by atoms with E-state index in [1.807, 2.05) is 91.0 Å². The molecule has 0 spiro atoms. The van der Waals surface area contributed by atoms with Crippen molar-refractivity contribution in [1.29, 1.82) is 0 Å². The van der Waals surface area contributed by atoms with Crippen LogP contribution in [0.3, 0.4) is 0 Å². The summed E-state index contributed by atoms with van der Waals surface area (Å²) in [5.74, 6) is 0.891. The van der Waals surface area contributed by atoms with Crippen LogP contribution in [0.2, 0.25) is 15.1 Å². The van der Waals surface area contributed by atoms with Crippen molar-refractivity contribution in [3.8, 4) is 0 Å². The Kier molecular flexibility index (Phi) is 6.39. The van der Waals surface area contributed by atoms with Crippen LogP contribution in [-0.2, 0) is 0 Å². The molecule has 0 unspecified atom stereocenters. The maximum Gasteiger partial charge on any atom is 0.292 e. The zero-order chi connectivity index (χ0) is 20.9. The predicted molar refractivity (Wildman–Crippen MR) is 130 cm³/mol. The van der Waals surface area contributed by atoms with Gasteiger partial charge in [0.15, 0.2) is 0 Å². The van der Waals surface area contributed by atoms with E-state index in [1.54, 1.807) is 0 Å². The van der Waals surface area contributed by atoms with E-state index in [0.29, 0.717) is 15.1 Å². The fourth-order valence-electron chi connectivity index (χ4n) is 3.11. The van der Waals surface area contributed by atoms with Gasteiger partial charge < -0.3 is 0 Å². The Bertz CT molecular complexity index is 1100. The first-order valence-electron chi connectivity index (χ1n) is 9.36. The highest BCUT2D eigenvalue weighted by Crippen LogP contribution is 2.26. The summed E-state index contributed by atoms with van der Waals surface area (Å²) < 4.78 is 2.14. The molecule has 0 aliphatic carbocycles. The molecule has 0 saturated carbocycles. The van der Waals surface area contributed by atoms with Crippen LogP contribution in [0.5, 0.6) is 0 Å². The Morgan fingerprint density at radius 3 is 1.43 bits per heavy atom. The number of halogens is 3. The monoisotopic (exact) mass is 451 g/mol. The second-order valence-corrected chi connectivity index (χ2v) is 7.94. The minimum Gasteiger partial charge on any atom is -0.240 e. The molecule has 0 amide bonds. The van der Waals surface area contributed by atoms with Crippen LogP contribution in [0.15, 0.2) is 103 Å². The van der Waals surface area contributed by atoms with Crippen LogP contribution < -0.4 is 9.89 Å². The van der Waals surface area contributed by atoms with Crippen molar-refractivity contribution in [2.75, 3.05) is 5.32 Å². The molecule has 0 radical (unpaired) electrons. The number of benzene rings is 4. The lowest BCUT2D eigenvalue weighted by Crippen LogP contribution is -2.26. The lowest BCUT2D eigenvalue weighted by atomic mass is 10.1. The van der Waals surface area contributed by atoms with Gasteiger partial charge in [0.2, 0.25) is 0 Å². The van der Waals surface area contributed by atoms with Gasteiger partial charge in [0.05, 0.1) is 5.56 Å². The second kappa shape index (κ2) is 9.36. The van der Waals surface area contributed by atoms with Crippen molar-refractivity contribution in [2.45, 2.75) is 0 Å². The predicted octanol–water partition coefficient (Wildman–Crippen LogP) is 8.04. The number of anilines is 1. The average Bonchev–Trinajstić information content (AvgIpc) is 2.78. The molecule has 2 nitrogen and oxygen atoms in total. The molecule has 0 saturated heterocycles. The highest BCUT2D eigenvalue weighted by Gasteiger charge is 2.21. The second-order valence-electron chi connectivity index (χ2n) is 6.63. The van der Waals surface area contributed by atoms with Crippen molar-refractivity contribution < 1.29 is 0 Å². The molecule has 0 fully saturated rings. The molecule has 30 heavy (non-hydrogen) atoms. The summed E-state index contributed by atoms with van der Waals surface area (Å²) in [4.78, 5) is 0. The topological polar surface area (TPSA) is 15.0 Å². The third kappa shape index (κ3) is 4.85. The summed E-state index contributed by atoms with van der Waals surface area (Å²) >= 11 is 18.4. The highest BCUT2D eigenvalue weighted by atomic mass is 35.5. The Morgan fingerprint density at radius 1 is 0.533 bits per heavy atom. The lowest BCUT2D eigenvalue weighted by molar-refractivity contribution is 1.07. The molecule has 4 aromatic rings. The number of amidine groups is 1. The molecule has 148 valence electrons. The smallest absolute Gasteiger partial charge is 0.240 e. The normalized spacial score (nSPS) is 10.5. The summed E-state index contributed by atoms with van der Waals surface area (Å²) in [5, 5.41) is 5.62. The first-order valence-corrected chi connectivity index (χ1v) is 10.5. The molecule has 0 atom stereocenters. The first-order chi connectivity index (χ1) is 14.6. The maximum atomic E-state index is 6.15. The van der Waals surface area contributed by atoms with Crippen LogP contribution >= 0.6 is 34.8 Å². The van der Waals surface area contributed by atoms with Gasteiger partial charge in [0.1, 0.15) is 17.1 Å². The molecule has 0 aliphatic heterocycles. The van der Waals surface area contributed by atoms with Gasteiger partial charge >= 0.3 is 0 Å². The maximum absolute atomic E-state index is 6.15. The number of nitrogens with zero attached hydrogens (tertiary/aromatic N) is 1. The summed E-state index contributed by atoms with van der Waals surface area (Å²) in [6.45, 7) is 0. The van der Waals surface area contributed by atoms with Crippen LogP contribution in [0.1, 0.15) is 5.56 Å². The Hall–Kier alpha value is -2.78. The summed E-state index contributed by atoms with van der Waals surface area (Å²) in [6, 6.07) is 33.3. The first kappa shape index (κ1) is 20.5. The van der Waals surface area contributed by atoms with Gasteiger partial charge in [-0.15, -0.1) is 0 Å². The number of hydrogen-bond donors (Lipinski definition) is 1. The average molecular weight is 453 g/mol. The number of hydrogen-bond acceptors (Lipinski definition) is 0. The van der Waals surface area contributed by atoms with Gasteiger partial charge in [-0.2, -0.15) is 4.58 Å². The molecule has 0 aromatic heterocycles. The van der Waals surface area contributed by atoms with E-state index in [0.717, 1.165) is 28.5 Å². The largest absolute Gasteiger partial charge is 0.292 e. The zero-order valence-electron chi connectivity index (χ0n) is 15.9. The van der Waals surface area contributed by atoms with Crippen LogP contribution in [0.25, 0.3) is 0 Å². The van der Waals surface area contributed by atoms with Crippen molar-refractivity contribution in [3.05, 3.63) is 124 Å². The fourth-order valence-corrected chi connectivity index (χ4v) is 3.49. The van der Waals surface area contributed by atoms with Crippen LogP contribution in [0.4, 0.5) is 17.1 Å². The third-order valence-electron chi connectivity index (χ3n) is 4.55. The van der Waals surface area contributed by atoms with E-state index in [1.165, 1.54) is 0 Å². The Labute approximate surface area is 191 Å². The highest BCUT2D eigenvalue weighted by molar-refractivity contribution is 6.31. The Balaban J connectivity index is 1.97. The van der Waals surface area contributed by atoms with Gasteiger partial charge in [0, 0.05) is 15.1 Å². The third-order valence-corrected chi connectivity index (χ3v) is 5.30. The molecule has 0 aliphatic rings. The molecule has 5 heteroatoms. The van der Waals surface area contributed by atoms with E-state index in [4.69, 9.17) is 34.8 Å². The van der Waals surface area contributed by atoms with E-state index >= 15 is 0 Å². The van der Waals surface area contributed by atoms with E-state index in [2.05, 4.69) is 22.0 Å². The zero-order valence-corrected chi connectivity index (χ0v) is 18.2. The quantitative estimate of drug-likeness (QED) is 0.188. The lowest BCUT2D eigenvalue weighted by Gasteiger charge is -2.14.